The van der Waals surface area contributed by atoms with Gasteiger partial charge in [0.15, 0.2) is 0 Å². The summed E-state index contributed by atoms with van der Waals surface area (Å²) in [6.07, 6.45) is 2.33. The molecule has 3 heterocycles. The van der Waals surface area contributed by atoms with E-state index in [0.717, 1.165) is 11.1 Å². The predicted octanol–water partition coefficient (Wildman–Crippen LogP) is 1.37. The van der Waals surface area contributed by atoms with Gasteiger partial charge in [0.2, 0.25) is 11.9 Å². The van der Waals surface area contributed by atoms with Gasteiger partial charge in [-0.3, -0.25) is 9.69 Å². The lowest BCUT2D eigenvalue weighted by atomic mass is 10.0. The monoisotopic (exact) mass is 499 g/mol. The van der Waals surface area contributed by atoms with Crippen molar-refractivity contribution in [1.29, 1.82) is 0 Å². The number of fused-ring (bicyclic) bond motifs is 1. The van der Waals surface area contributed by atoms with Crippen molar-refractivity contribution < 1.29 is 19.0 Å². The van der Waals surface area contributed by atoms with Crippen molar-refractivity contribution in [3.05, 3.63) is 35.4 Å². The molecule has 2 aromatic rings. The number of halogens is 1. The smallest absolute Gasteiger partial charge is 0.248 e. The molecule has 0 aliphatic carbocycles. The van der Waals surface area contributed by atoms with Gasteiger partial charge in [0, 0.05) is 57.4 Å². The minimum Gasteiger partial charge on any atom is -0.387 e. The molecule has 2 saturated heterocycles. The Kier molecular flexibility index (Phi) is 8.44. The predicted molar refractivity (Wildman–Crippen MR) is 137 cm³/mol. The molecule has 2 fully saturated rings. The number of carbonyl (C=O) groups excluding carboxylic acids is 1. The third kappa shape index (κ3) is 5.97. The molecule has 10 nitrogen and oxygen atoms in total. The number of nitrogens with two attached hydrogens (primary N) is 1. The normalized spacial score (nSPS) is 18.2. The largest absolute Gasteiger partial charge is 0.387 e. The van der Waals surface area contributed by atoms with E-state index in [0.29, 0.717) is 93.8 Å². The summed E-state index contributed by atoms with van der Waals surface area (Å²) in [6, 6.07) is 3.02. The number of benzene rings is 1. The lowest BCUT2D eigenvalue weighted by Gasteiger charge is -2.34. The highest BCUT2D eigenvalue weighted by Gasteiger charge is 2.24. The van der Waals surface area contributed by atoms with Crippen LogP contribution in [0, 0.1) is 5.82 Å². The molecule has 1 aromatic heterocycles. The van der Waals surface area contributed by atoms with Gasteiger partial charge >= 0.3 is 0 Å². The van der Waals surface area contributed by atoms with E-state index in [9.17, 15) is 9.18 Å². The Balaban J connectivity index is 1.76. The average Bonchev–Trinajstić information content (AvgIpc) is 2.89. The molecular weight excluding hydrogens is 465 g/mol. The molecule has 11 heteroatoms. The van der Waals surface area contributed by atoms with Gasteiger partial charge < -0.3 is 25.4 Å². The summed E-state index contributed by atoms with van der Waals surface area (Å²) in [6.45, 7) is 8.55. The Morgan fingerprint density at radius 2 is 1.92 bits per heavy atom. The minimum atomic E-state index is -0.487. The average molecular weight is 500 g/mol. The Morgan fingerprint density at radius 3 is 2.56 bits per heavy atom. The third-order valence-electron chi connectivity index (χ3n) is 6.49. The van der Waals surface area contributed by atoms with E-state index in [1.165, 1.54) is 12.1 Å². The molecule has 0 radical (unpaired) electrons. The fourth-order valence-corrected chi connectivity index (χ4v) is 4.52. The number of aromatic nitrogens is 2. The first-order chi connectivity index (χ1) is 17.4. The van der Waals surface area contributed by atoms with Crippen molar-refractivity contribution in [2.24, 2.45) is 10.7 Å². The second-order valence-electron chi connectivity index (χ2n) is 9.03. The molecule has 0 atom stereocenters. The number of aliphatic imine (C=N–C) groups is 1. The van der Waals surface area contributed by atoms with Crippen molar-refractivity contribution in [3.8, 4) is 0 Å². The zero-order valence-electron chi connectivity index (χ0n) is 20.9. The lowest BCUT2D eigenvalue weighted by Crippen LogP contribution is -2.49. The molecule has 0 bridgehead atoms. The highest BCUT2D eigenvalue weighted by molar-refractivity contribution is 5.93. The first-order valence-corrected chi connectivity index (χ1v) is 12.3. The molecule has 2 aliphatic rings. The number of allylic oxidation sites excluding steroid dienone is 1. The number of carbonyl (C=O) groups is 1. The molecule has 0 spiro atoms. The first kappa shape index (κ1) is 25.9. The Bertz CT molecular complexity index is 1150. The number of piperazine rings is 1. The third-order valence-corrected chi connectivity index (χ3v) is 6.49. The fraction of sp³-hybridized carbons (Fsp3) is 0.520. The number of morpholine rings is 1. The summed E-state index contributed by atoms with van der Waals surface area (Å²) >= 11 is 0. The Labute approximate surface area is 210 Å². The van der Waals surface area contributed by atoms with Crippen LogP contribution in [0.2, 0.25) is 0 Å². The molecule has 0 saturated carbocycles. The number of nitrogens with zero attached hydrogens (tertiary/aromatic N) is 6. The number of rotatable bonds is 7. The standard InChI is InChI=1S/C25H34FN7O3/c1-3-18(14-28-17(2)27)23-21-13-20(26)12-19(15-31-4-6-32(7-5-31)22(35)16-34)24(21)30-25(29-23)33-8-10-36-11-9-33/h12-14,34H,3-11,15-16H2,1-2H3,(H2,27,28)/b18-14+. The number of anilines is 1. The topological polar surface area (TPSA) is 120 Å². The summed E-state index contributed by atoms with van der Waals surface area (Å²) in [5.41, 5.74) is 8.72. The van der Waals surface area contributed by atoms with E-state index in [-0.39, 0.29) is 11.7 Å². The van der Waals surface area contributed by atoms with Crippen LogP contribution >= 0.6 is 0 Å². The Morgan fingerprint density at radius 1 is 1.19 bits per heavy atom. The maximum Gasteiger partial charge on any atom is 0.248 e. The molecule has 36 heavy (non-hydrogen) atoms. The van der Waals surface area contributed by atoms with Crippen LogP contribution in [0.25, 0.3) is 16.5 Å². The highest BCUT2D eigenvalue weighted by Crippen LogP contribution is 2.31. The molecule has 1 amide bonds. The number of amides is 1. The summed E-state index contributed by atoms with van der Waals surface area (Å²) in [5, 5.41) is 9.77. The van der Waals surface area contributed by atoms with Gasteiger partial charge in [-0.2, -0.15) is 0 Å². The second-order valence-corrected chi connectivity index (χ2v) is 9.03. The summed E-state index contributed by atoms with van der Waals surface area (Å²) in [7, 11) is 0. The van der Waals surface area contributed by atoms with Crippen molar-refractivity contribution in [2.75, 3.05) is 64.0 Å². The van der Waals surface area contributed by atoms with Gasteiger partial charge in [0.05, 0.1) is 30.3 Å². The quantitative estimate of drug-likeness (QED) is 0.433. The number of hydrogen-bond donors (Lipinski definition) is 2. The summed E-state index contributed by atoms with van der Waals surface area (Å²) in [5.74, 6) is 0.385. The van der Waals surface area contributed by atoms with Gasteiger partial charge in [-0.1, -0.05) is 6.92 Å². The zero-order valence-corrected chi connectivity index (χ0v) is 20.9. The zero-order chi connectivity index (χ0) is 25.7. The molecule has 1 aromatic carbocycles. The molecule has 4 rings (SSSR count). The van der Waals surface area contributed by atoms with E-state index in [1.807, 2.05) is 6.92 Å². The van der Waals surface area contributed by atoms with E-state index >= 15 is 0 Å². The van der Waals surface area contributed by atoms with Crippen LogP contribution in [0.1, 0.15) is 31.5 Å². The molecule has 3 N–H and O–H groups in total. The number of amidine groups is 1. The number of hydrogen-bond acceptors (Lipinski definition) is 8. The Hall–Kier alpha value is -3.15. The number of ether oxygens (including phenoxy) is 1. The van der Waals surface area contributed by atoms with Crippen LogP contribution in [-0.4, -0.2) is 95.7 Å². The summed E-state index contributed by atoms with van der Waals surface area (Å²) < 4.78 is 20.4. The van der Waals surface area contributed by atoms with Crippen LogP contribution in [0.15, 0.2) is 23.3 Å². The van der Waals surface area contributed by atoms with Gasteiger partial charge in [0.1, 0.15) is 12.4 Å². The molecule has 2 aliphatic heterocycles. The van der Waals surface area contributed by atoms with Gasteiger partial charge in [-0.05, 0) is 36.6 Å². The van der Waals surface area contributed by atoms with Crippen molar-refractivity contribution >= 4 is 34.2 Å². The molecule has 194 valence electrons. The van der Waals surface area contributed by atoms with E-state index < -0.39 is 6.61 Å². The maximum absolute atomic E-state index is 14.9. The van der Waals surface area contributed by atoms with Gasteiger partial charge in [-0.15, -0.1) is 0 Å². The van der Waals surface area contributed by atoms with Crippen LogP contribution in [-0.2, 0) is 16.1 Å². The van der Waals surface area contributed by atoms with E-state index in [4.69, 9.17) is 25.5 Å². The van der Waals surface area contributed by atoms with Crippen molar-refractivity contribution in [1.82, 2.24) is 19.8 Å². The highest BCUT2D eigenvalue weighted by atomic mass is 19.1. The van der Waals surface area contributed by atoms with Crippen LogP contribution in [0.4, 0.5) is 10.3 Å². The van der Waals surface area contributed by atoms with Gasteiger partial charge in [-0.25, -0.2) is 19.4 Å². The van der Waals surface area contributed by atoms with Crippen molar-refractivity contribution in [3.63, 3.8) is 0 Å². The van der Waals surface area contributed by atoms with Crippen LogP contribution < -0.4 is 10.6 Å². The van der Waals surface area contributed by atoms with E-state index in [2.05, 4.69) is 14.8 Å². The van der Waals surface area contributed by atoms with Crippen LogP contribution in [0.5, 0.6) is 0 Å². The van der Waals surface area contributed by atoms with Gasteiger partial charge in [0.25, 0.3) is 0 Å². The van der Waals surface area contributed by atoms with Crippen molar-refractivity contribution in [2.45, 2.75) is 26.8 Å². The number of aliphatic hydroxyl groups is 1. The minimum absolute atomic E-state index is 0.271. The maximum atomic E-state index is 14.9. The SMILES string of the molecule is CC/C(=C\N=C(/C)N)c1nc(N2CCOCC2)nc2c(CN3CCN(C(=O)CO)CC3)cc(F)cc12. The molecule has 0 unspecified atom stereocenters. The molecular formula is C25H34FN7O3. The van der Waals surface area contributed by atoms with E-state index in [1.54, 1.807) is 18.0 Å². The second kappa shape index (κ2) is 11.7. The summed E-state index contributed by atoms with van der Waals surface area (Å²) in [4.78, 5) is 31.8. The lowest BCUT2D eigenvalue weighted by molar-refractivity contribution is -0.135. The van der Waals surface area contributed by atoms with Crippen LogP contribution in [0.3, 0.4) is 0 Å². The fourth-order valence-electron chi connectivity index (χ4n) is 4.52. The first-order valence-electron chi connectivity index (χ1n) is 12.3. The number of aliphatic hydroxyl groups excluding tert-OH is 1.